The Morgan fingerprint density at radius 3 is 2.63 bits per heavy atom. The van der Waals surface area contributed by atoms with E-state index in [1.54, 1.807) is 36.5 Å². The molecular formula is C21H28FN5O2S. The maximum absolute atomic E-state index is 15.2. The van der Waals surface area contributed by atoms with Gasteiger partial charge in [0.1, 0.15) is 5.75 Å². The molecule has 1 aliphatic heterocycles. The lowest BCUT2D eigenvalue weighted by molar-refractivity contribution is 0.180. The summed E-state index contributed by atoms with van der Waals surface area (Å²) in [5, 5.41) is 2.73. The number of aryl methyl sites for hydroxylation is 1. The van der Waals surface area contributed by atoms with Gasteiger partial charge in [-0.1, -0.05) is 12.1 Å². The second kappa shape index (κ2) is 10.2. The van der Waals surface area contributed by atoms with Crippen molar-refractivity contribution in [3.8, 4) is 0 Å². The molecule has 1 N–H and O–H groups in total. The second-order valence-corrected chi connectivity index (χ2v) is 8.98. The lowest BCUT2D eigenvalue weighted by atomic mass is 10.1. The van der Waals surface area contributed by atoms with Gasteiger partial charge in [0.2, 0.25) is 0 Å². The molecule has 0 saturated carbocycles. The van der Waals surface area contributed by atoms with Crippen molar-refractivity contribution in [1.82, 2.24) is 14.2 Å². The molecule has 2 heterocycles. The van der Waals surface area contributed by atoms with Gasteiger partial charge in [0.05, 0.1) is 30.7 Å². The molecule has 1 saturated heterocycles. The lowest BCUT2D eigenvalue weighted by Gasteiger charge is -2.34. The monoisotopic (exact) mass is 433 g/mol. The Kier molecular flexibility index (Phi) is 7.65. The van der Waals surface area contributed by atoms with Gasteiger partial charge < -0.3 is 9.87 Å². The maximum atomic E-state index is 15.2. The molecule has 1 aromatic heterocycles. The number of pyridine rings is 1. The van der Waals surface area contributed by atoms with Gasteiger partial charge in [-0.25, -0.2) is 9.18 Å². The van der Waals surface area contributed by atoms with Gasteiger partial charge in [0, 0.05) is 49.3 Å². The van der Waals surface area contributed by atoms with Crippen LogP contribution in [0.15, 0.2) is 36.5 Å². The summed E-state index contributed by atoms with van der Waals surface area (Å²) in [7, 11) is 1.54. The van der Waals surface area contributed by atoms with Crippen LogP contribution in [0.3, 0.4) is 0 Å². The van der Waals surface area contributed by atoms with Crippen LogP contribution in [-0.2, 0) is 17.9 Å². The quantitative estimate of drug-likeness (QED) is 0.709. The number of nitrogens with one attached hydrogen (secondary N) is 1. The van der Waals surface area contributed by atoms with E-state index in [2.05, 4.69) is 15.2 Å². The first-order valence-electron chi connectivity index (χ1n) is 9.99. The number of hydrogen-bond acceptors (Lipinski definition) is 5. The molecule has 30 heavy (non-hydrogen) atoms. The number of amides is 2. The summed E-state index contributed by atoms with van der Waals surface area (Å²) in [4.78, 5) is 20.1. The van der Waals surface area contributed by atoms with Crippen LogP contribution in [0, 0.1) is 12.7 Å². The van der Waals surface area contributed by atoms with Gasteiger partial charge in [-0.15, -0.1) is 4.31 Å². The largest absolute Gasteiger partial charge is 0.598 e. The van der Waals surface area contributed by atoms with Crippen LogP contribution in [0.4, 0.5) is 20.6 Å². The summed E-state index contributed by atoms with van der Waals surface area (Å²) >= 11 is -0.936. The highest BCUT2D eigenvalue weighted by Gasteiger charge is 2.25. The average Bonchev–Trinajstić information content (AvgIpc) is 2.76. The standard InChI is InChI=1S/C21H28FN5O2S/c1-4-30(29)27-12-10-26(11-13-27)15-17-6-5-7-19(20(17)22)25(3)21(28)24-18-9-8-16(2)23-14-18/h5-9,14H,4,10-13,15H2,1-3H3,(H,24,28). The van der Waals surface area contributed by atoms with Gasteiger partial charge in [0.15, 0.2) is 5.82 Å². The molecule has 0 aliphatic carbocycles. The number of anilines is 2. The minimum Gasteiger partial charge on any atom is -0.598 e. The van der Waals surface area contributed by atoms with E-state index in [4.69, 9.17) is 0 Å². The molecule has 1 aromatic carbocycles. The average molecular weight is 434 g/mol. The fraction of sp³-hybridized carbons (Fsp3) is 0.429. The number of halogens is 1. The number of nitrogens with zero attached hydrogens (tertiary/aromatic N) is 4. The molecule has 2 amide bonds. The van der Waals surface area contributed by atoms with Crippen molar-refractivity contribution >= 4 is 28.8 Å². The molecule has 1 fully saturated rings. The van der Waals surface area contributed by atoms with Gasteiger partial charge in [-0.05, 0) is 32.0 Å². The van der Waals surface area contributed by atoms with Crippen LogP contribution in [0.1, 0.15) is 18.2 Å². The van der Waals surface area contributed by atoms with Crippen molar-refractivity contribution in [2.24, 2.45) is 0 Å². The molecule has 1 aliphatic rings. The minimum absolute atomic E-state index is 0.218. The smallest absolute Gasteiger partial charge is 0.326 e. The molecule has 0 bridgehead atoms. The molecule has 162 valence electrons. The molecule has 3 rings (SSSR count). The van der Waals surface area contributed by atoms with Crippen molar-refractivity contribution in [1.29, 1.82) is 0 Å². The van der Waals surface area contributed by atoms with Gasteiger partial charge in [-0.2, -0.15) is 0 Å². The van der Waals surface area contributed by atoms with Crippen molar-refractivity contribution in [3.63, 3.8) is 0 Å². The van der Waals surface area contributed by atoms with Gasteiger partial charge in [-0.3, -0.25) is 14.8 Å². The molecule has 9 heteroatoms. The number of hydrogen-bond donors (Lipinski definition) is 1. The van der Waals surface area contributed by atoms with E-state index in [1.807, 2.05) is 18.2 Å². The van der Waals surface area contributed by atoms with Crippen LogP contribution in [0.2, 0.25) is 0 Å². The Morgan fingerprint density at radius 1 is 1.27 bits per heavy atom. The number of carbonyl (C=O) groups excluding carboxylic acids is 1. The number of benzene rings is 1. The zero-order valence-electron chi connectivity index (χ0n) is 17.6. The summed E-state index contributed by atoms with van der Waals surface area (Å²) in [6.07, 6.45) is 1.57. The molecule has 1 unspecified atom stereocenters. The number of carbonyl (C=O) groups is 1. The van der Waals surface area contributed by atoms with E-state index >= 15 is 4.39 Å². The summed E-state index contributed by atoms with van der Waals surface area (Å²) in [6, 6.07) is 8.21. The van der Waals surface area contributed by atoms with Crippen molar-refractivity contribution in [2.75, 3.05) is 49.2 Å². The first-order chi connectivity index (χ1) is 14.4. The SMILES string of the molecule is CC[S+]([O-])N1CCN(Cc2cccc(N(C)C(=O)Nc3ccc(C)nc3)c2F)CC1. The number of rotatable bonds is 6. The van der Waals surface area contributed by atoms with Crippen LogP contribution < -0.4 is 10.2 Å². The zero-order chi connectivity index (χ0) is 21.7. The fourth-order valence-electron chi connectivity index (χ4n) is 3.32. The van der Waals surface area contributed by atoms with Crippen LogP contribution in [-0.4, -0.2) is 63.8 Å². The predicted octanol–water partition coefficient (Wildman–Crippen LogP) is 3.00. The minimum atomic E-state index is -0.936. The topological polar surface area (TPSA) is 74.8 Å². The van der Waals surface area contributed by atoms with Crippen molar-refractivity contribution in [2.45, 2.75) is 20.4 Å². The van der Waals surface area contributed by atoms with E-state index in [0.717, 1.165) is 18.8 Å². The Bertz CT molecular complexity index is 859. The molecule has 7 nitrogen and oxygen atoms in total. The summed E-state index contributed by atoms with van der Waals surface area (Å²) in [5.74, 6) is 0.209. The van der Waals surface area contributed by atoms with E-state index in [1.165, 1.54) is 11.9 Å². The van der Waals surface area contributed by atoms with E-state index < -0.39 is 23.2 Å². The van der Waals surface area contributed by atoms with E-state index in [0.29, 0.717) is 36.6 Å². The number of urea groups is 1. The Hall–Kier alpha value is -2.20. The van der Waals surface area contributed by atoms with Crippen LogP contribution in [0.5, 0.6) is 0 Å². The first kappa shape index (κ1) is 22.5. The molecule has 1 atom stereocenters. The van der Waals surface area contributed by atoms with Gasteiger partial charge >= 0.3 is 6.03 Å². The molecular weight excluding hydrogens is 405 g/mol. The highest BCUT2D eigenvalue weighted by atomic mass is 32.2. The summed E-state index contributed by atoms with van der Waals surface area (Å²) < 4.78 is 29.1. The highest BCUT2D eigenvalue weighted by molar-refractivity contribution is 7.89. The lowest BCUT2D eigenvalue weighted by Crippen LogP contribution is -2.48. The molecule has 0 radical (unpaired) electrons. The predicted molar refractivity (Wildman–Crippen MR) is 118 cm³/mol. The third-order valence-electron chi connectivity index (χ3n) is 5.15. The van der Waals surface area contributed by atoms with Crippen LogP contribution >= 0.6 is 0 Å². The number of piperazine rings is 1. The molecule has 2 aromatic rings. The second-order valence-electron chi connectivity index (χ2n) is 7.24. The van der Waals surface area contributed by atoms with Crippen molar-refractivity contribution in [3.05, 3.63) is 53.6 Å². The summed E-state index contributed by atoms with van der Waals surface area (Å²) in [5.41, 5.74) is 2.16. The first-order valence-corrected chi connectivity index (χ1v) is 11.3. The molecule has 0 spiro atoms. The van der Waals surface area contributed by atoms with Gasteiger partial charge in [0.25, 0.3) is 0 Å². The Balaban J connectivity index is 1.64. The van der Waals surface area contributed by atoms with Crippen molar-refractivity contribution < 1.29 is 13.7 Å². The number of aromatic nitrogens is 1. The maximum Gasteiger partial charge on any atom is 0.326 e. The fourth-order valence-corrected chi connectivity index (χ4v) is 4.26. The Labute approximate surface area is 180 Å². The third kappa shape index (κ3) is 5.48. The summed E-state index contributed by atoms with van der Waals surface area (Å²) in [6.45, 7) is 7.08. The highest BCUT2D eigenvalue weighted by Crippen LogP contribution is 2.24. The van der Waals surface area contributed by atoms with E-state index in [-0.39, 0.29) is 5.69 Å². The normalized spacial score (nSPS) is 16.3. The van der Waals surface area contributed by atoms with E-state index in [9.17, 15) is 9.35 Å². The Morgan fingerprint density at radius 2 is 2.00 bits per heavy atom. The zero-order valence-corrected chi connectivity index (χ0v) is 18.4. The third-order valence-corrected chi connectivity index (χ3v) is 6.58. The van der Waals surface area contributed by atoms with Crippen LogP contribution in [0.25, 0.3) is 0 Å².